The molecule has 5 heterocycles. The predicted molar refractivity (Wildman–Crippen MR) is 217 cm³/mol. The summed E-state index contributed by atoms with van der Waals surface area (Å²) in [6.07, 6.45) is -3.13. The minimum Gasteiger partial charge on any atom is -0.458 e. The van der Waals surface area contributed by atoms with Gasteiger partial charge < -0.3 is 48.8 Å². The largest absolute Gasteiger partial charge is 0.458 e. The summed E-state index contributed by atoms with van der Waals surface area (Å²) >= 11 is 0. The third kappa shape index (κ3) is 9.29. The number of carbonyl (C=O) groups is 4. The van der Waals surface area contributed by atoms with Crippen molar-refractivity contribution in [3.05, 3.63) is 36.2 Å². The number of hydrogen-bond donors (Lipinski definition) is 2. The lowest BCUT2D eigenvalue weighted by Crippen LogP contribution is -2.59. The van der Waals surface area contributed by atoms with Crippen LogP contribution >= 0.6 is 0 Å². The Hall–Kier alpha value is -4.29. The molecule has 3 aliphatic heterocycles. The SMILES string of the molecule is CC[C@@H]1OC(=O)[C@H](C)C(=O)[C@H](C)[C@@H](OC2O[C@H](C)C[C@H](N(C)C)[C@H]2O)[C@](C)(OC)C[C@@H](C)C(=O)[C@H](C)[C@H]2[C@H](/C(N)=N/O[C@@H](C)c3cc(-c4ccccn4)on3)C(=O)O[C@@]21C. The van der Waals surface area contributed by atoms with E-state index in [1.807, 2.05) is 32.0 Å². The van der Waals surface area contributed by atoms with Gasteiger partial charge in [-0.05, 0) is 80.1 Å². The maximum Gasteiger partial charge on any atom is 0.317 e. The van der Waals surface area contributed by atoms with Crippen LogP contribution in [0, 0.1) is 35.5 Å². The summed E-state index contributed by atoms with van der Waals surface area (Å²) in [5.74, 6) is -8.54. The van der Waals surface area contributed by atoms with Crippen LogP contribution in [-0.2, 0) is 47.7 Å². The van der Waals surface area contributed by atoms with Crippen molar-refractivity contribution < 1.29 is 57.3 Å². The normalized spacial score (nSPS) is 37.9. The molecule has 0 amide bonds. The van der Waals surface area contributed by atoms with Crippen molar-refractivity contribution in [3.63, 3.8) is 0 Å². The van der Waals surface area contributed by atoms with Gasteiger partial charge in [-0.2, -0.15) is 0 Å². The molecule has 2 aromatic rings. The number of Topliss-reactive ketones (excluding diaryl/α,β-unsaturated/α-hetero) is 2. The summed E-state index contributed by atoms with van der Waals surface area (Å²) in [6, 6.07) is 6.70. The van der Waals surface area contributed by atoms with Crippen molar-refractivity contribution in [1.29, 1.82) is 0 Å². The number of methoxy groups -OCH3 is 1. The van der Waals surface area contributed by atoms with Crippen LogP contribution in [0.3, 0.4) is 0 Å². The Morgan fingerprint density at radius 3 is 2.38 bits per heavy atom. The highest BCUT2D eigenvalue weighted by atomic mass is 16.7. The first kappa shape index (κ1) is 46.8. The average Bonchev–Trinajstić information content (AvgIpc) is 3.83. The fraction of sp³-hybridized carbons (Fsp3) is 0.698. The number of amidine groups is 1. The Kier molecular flexibility index (Phi) is 14.6. The van der Waals surface area contributed by atoms with Gasteiger partial charge in [-0.3, -0.25) is 24.2 Å². The first-order chi connectivity index (χ1) is 28.2. The number of nitrogens with two attached hydrogens (primary N) is 1. The van der Waals surface area contributed by atoms with Gasteiger partial charge in [-0.15, -0.1) is 0 Å². The molecule has 0 aliphatic carbocycles. The number of likely N-dealkylation sites (N-methyl/N-ethyl adjacent to an activating group) is 1. The lowest BCUT2D eigenvalue weighted by Gasteiger charge is -2.47. The van der Waals surface area contributed by atoms with Crippen LogP contribution < -0.4 is 5.73 Å². The molecule has 17 nitrogen and oxygen atoms in total. The van der Waals surface area contributed by atoms with E-state index in [0.29, 0.717) is 23.6 Å². The smallest absolute Gasteiger partial charge is 0.317 e. The Morgan fingerprint density at radius 2 is 1.77 bits per heavy atom. The number of rotatable bonds is 10. The second-order valence-corrected chi connectivity index (χ2v) is 17.4. The Balaban J connectivity index is 1.51. The van der Waals surface area contributed by atoms with Crippen LogP contribution in [0.5, 0.6) is 0 Å². The highest BCUT2D eigenvalue weighted by molar-refractivity contribution is 6.03. The maximum absolute atomic E-state index is 14.8. The molecule has 0 bridgehead atoms. The number of aromatic nitrogens is 2. The number of cyclic esters (lactones) is 1. The first-order valence-corrected chi connectivity index (χ1v) is 20.8. The molecule has 17 heteroatoms. The van der Waals surface area contributed by atoms with Gasteiger partial charge in [0.1, 0.15) is 41.2 Å². The zero-order chi connectivity index (χ0) is 44.4. The number of aliphatic hydroxyl groups is 1. The molecule has 0 spiro atoms. The van der Waals surface area contributed by atoms with Gasteiger partial charge in [-0.25, -0.2) is 0 Å². The molecular weight excluding hydrogens is 778 g/mol. The Labute approximate surface area is 351 Å². The molecule has 332 valence electrons. The van der Waals surface area contributed by atoms with Gasteiger partial charge in [0.15, 0.2) is 35.4 Å². The number of pyridine rings is 1. The molecule has 2 aromatic heterocycles. The van der Waals surface area contributed by atoms with E-state index >= 15 is 0 Å². The monoisotopic (exact) mass is 841 g/mol. The molecule has 1 unspecified atom stereocenters. The van der Waals surface area contributed by atoms with Crippen LogP contribution in [0.4, 0.5) is 0 Å². The van der Waals surface area contributed by atoms with Gasteiger partial charge in [0, 0.05) is 49.1 Å². The van der Waals surface area contributed by atoms with E-state index in [0.717, 1.165) is 0 Å². The number of esters is 2. The van der Waals surface area contributed by atoms with Crippen LogP contribution in [0.25, 0.3) is 11.5 Å². The molecule has 15 atom stereocenters. The van der Waals surface area contributed by atoms with Gasteiger partial charge >= 0.3 is 11.9 Å². The van der Waals surface area contributed by atoms with Crippen molar-refractivity contribution in [1.82, 2.24) is 15.0 Å². The van der Waals surface area contributed by atoms with Gasteiger partial charge in [0.05, 0.1) is 17.8 Å². The van der Waals surface area contributed by atoms with E-state index in [9.17, 15) is 24.3 Å². The zero-order valence-electron chi connectivity index (χ0n) is 36.8. The summed E-state index contributed by atoms with van der Waals surface area (Å²) in [7, 11) is 5.16. The van der Waals surface area contributed by atoms with E-state index in [2.05, 4.69) is 15.3 Å². The van der Waals surface area contributed by atoms with Crippen LogP contribution in [0.15, 0.2) is 40.1 Å². The number of carbonyl (C=O) groups excluding carboxylic acids is 4. The minimum absolute atomic E-state index is 0.0474. The van der Waals surface area contributed by atoms with E-state index < -0.39 is 95.1 Å². The molecule has 3 aliphatic rings. The minimum atomic E-state index is -1.58. The van der Waals surface area contributed by atoms with Gasteiger partial charge in [0.25, 0.3) is 0 Å². The van der Waals surface area contributed by atoms with Crippen LogP contribution in [0.2, 0.25) is 0 Å². The number of aliphatic hydroxyl groups excluding tert-OH is 1. The number of oxime groups is 1. The summed E-state index contributed by atoms with van der Waals surface area (Å²) in [5, 5.41) is 19.7. The molecule has 0 aromatic carbocycles. The average molecular weight is 842 g/mol. The third-order valence-electron chi connectivity index (χ3n) is 12.9. The molecule has 0 radical (unpaired) electrons. The number of fused-ring (bicyclic) bond motifs is 1. The molecule has 60 heavy (non-hydrogen) atoms. The van der Waals surface area contributed by atoms with Crippen molar-refractivity contribution in [3.8, 4) is 11.5 Å². The summed E-state index contributed by atoms with van der Waals surface area (Å²) in [6.45, 7) is 15.1. The van der Waals surface area contributed by atoms with Crippen molar-refractivity contribution in [2.24, 2.45) is 46.4 Å². The van der Waals surface area contributed by atoms with Gasteiger partial charge in [0.2, 0.25) is 0 Å². The highest BCUT2D eigenvalue weighted by Crippen LogP contribution is 2.48. The number of nitrogens with zero attached hydrogens (tertiary/aromatic N) is 4. The predicted octanol–water partition coefficient (Wildman–Crippen LogP) is 4.26. The molecular formula is C43H63N5O12. The fourth-order valence-electron chi connectivity index (χ4n) is 9.30. The third-order valence-corrected chi connectivity index (χ3v) is 12.9. The van der Waals surface area contributed by atoms with Crippen LogP contribution in [-0.4, -0.2) is 119 Å². The topological polar surface area (TPSA) is 224 Å². The fourth-order valence-corrected chi connectivity index (χ4v) is 9.30. The van der Waals surface area contributed by atoms with Crippen molar-refractivity contribution >= 4 is 29.3 Å². The standard InChI is InChI=1S/C43H63N5O12/c1-13-31-43(9)33(32(40(53)58-43)38(44)47-59-26(7)28-19-30(60-46-28)27-16-14-15-17-45-27)23(4)34(49)21(2)20-42(8,54-12)37(24(5)35(50)25(6)39(52)56-31)57-41-36(51)29(48(10)11)18-22(3)55-41/h14-17,19,21-26,29,31-33,36-37,41,51H,13,18,20H2,1-12H3,(H2,44,47)/t21-,22-,23-,24+,25-,26+,29+,31+,32-,33+,36-,37-,41?,42-,43-/m1/s1. The number of ketones is 2. The first-order valence-electron chi connectivity index (χ1n) is 20.8. The van der Waals surface area contributed by atoms with E-state index in [1.165, 1.54) is 14.0 Å². The summed E-state index contributed by atoms with van der Waals surface area (Å²) in [5.41, 5.74) is 4.62. The highest BCUT2D eigenvalue weighted by Gasteiger charge is 2.62. The van der Waals surface area contributed by atoms with E-state index in [1.54, 1.807) is 72.9 Å². The molecule has 0 saturated carbocycles. The molecule has 3 N–H and O–H groups in total. The lowest BCUT2D eigenvalue weighted by molar-refractivity contribution is -0.295. The van der Waals surface area contributed by atoms with Crippen molar-refractivity contribution in [2.45, 2.75) is 136 Å². The van der Waals surface area contributed by atoms with Gasteiger partial charge in [-0.1, -0.05) is 44.1 Å². The quantitative estimate of drug-likeness (QED) is 0.112. The summed E-state index contributed by atoms with van der Waals surface area (Å²) < 4.78 is 36.5. The Morgan fingerprint density at radius 1 is 1.07 bits per heavy atom. The van der Waals surface area contributed by atoms with E-state index in [-0.39, 0.29) is 36.6 Å². The zero-order valence-corrected chi connectivity index (χ0v) is 36.8. The van der Waals surface area contributed by atoms with Crippen molar-refractivity contribution in [2.75, 3.05) is 21.2 Å². The van der Waals surface area contributed by atoms with E-state index in [4.69, 9.17) is 38.8 Å². The van der Waals surface area contributed by atoms with Crippen LogP contribution in [0.1, 0.15) is 93.4 Å². The lowest BCUT2D eigenvalue weighted by atomic mass is 9.67. The second-order valence-electron chi connectivity index (χ2n) is 17.4. The summed E-state index contributed by atoms with van der Waals surface area (Å²) in [4.78, 5) is 69.0. The molecule has 3 saturated heterocycles. The maximum atomic E-state index is 14.8. The number of ether oxygens (including phenoxy) is 5. The molecule has 3 fully saturated rings. The Bertz CT molecular complexity index is 1870. The number of hydrogen-bond acceptors (Lipinski definition) is 16. The second kappa shape index (κ2) is 18.8. The molecule has 5 rings (SSSR count).